The largest absolute Gasteiger partial charge is 0.305 e. The minimum atomic E-state index is -0.187. The van der Waals surface area contributed by atoms with Crippen molar-refractivity contribution < 1.29 is 4.39 Å². The highest BCUT2D eigenvalue weighted by Crippen LogP contribution is 2.24. The third-order valence-corrected chi connectivity index (χ3v) is 4.50. The Hall–Kier alpha value is -0.900. The molecule has 0 aliphatic rings. The summed E-state index contributed by atoms with van der Waals surface area (Å²) in [6, 6.07) is 11.0. The first kappa shape index (κ1) is 15.5. The van der Waals surface area contributed by atoms with Gasteiger partial charge in [0.05, 0.1) is 4.34 Å². The first-order chi connectivity index (χ1) is 9.69. The number of hydrogen-bond acceptors (Lipinski definition) is 2. The summed E-state index contributed by atoms with van der Waals surface area (Å²) in [4.78, 5) is 1.22. The number of nitrogens with one attached hydrogen (secondary N) is 1. The van der Waals surface area contributed by atoms with E-state index in [0.29, 0.717) is 0 Å². The van der Waals surface area contributed by atoms with Gasteiger partial charge in [-0.15, -0.1) is 11.3 Å². The second-order valence-electron chi connectivity index (χ2n) is 4.83. The van der Waals surface area contributed by atoms with Crippen molar-refractivity contribution >= 4 is 22.9 Å². The molecule has 1 unspecified atom stereocenters. The van der Waals surface area contributed by atoms with Gasteiger partial charge in [-0.2, -0.15) is 0 Å². The Labute approximate surface area is 128 Å². The second kappa shape index (κ2) is 7.77. The lowest BCUT2D eigenvalue weighted by molar-refractivity contribution is 0.482. The van der Waals surface area contributed by atoms with Crippen LogP contribution in [-0.2, 0) is 6.54 Å². The Morgan fingerprint density at radius 2 is 1.95 bits per heavy atom. The van der Waals surface area contributed by atoms with Crippen LogP contribution in [0.15, 0.2) is 36.4 Å². The van der Waals surface area contributed by atoms with Gasteiger partial charge in [0.1, 0.15) is 5.82 Å². The molecule has 4 heteroatoms. The highest BCUT2D eigenvalue weighted by molar-refractivity contribution is 7.16. The van der Waals surface area contributed by atoms with Crippen molar-refractivity contribution in [2.45, 2.75) is 38.8 Å². The van der Waals surface area contributed by atoms with Crippen molar-refractivity contribution in [2.24, 2.45) is 0 Å². The molecule has 0 saturated heterocycles. The average Bonchev–Trinajstić information content (AvgIpc) is 2.86. The molecule has 1 aromatic heterocycles. The van der Waals surface area contributed by atoms with Crippen LogP contribution in [0.4, 0.5) is 4.39 Å². The fourth-order valence-corrected chi connectivity index (χ4v) is 3.20. The van der Waals surface area contributed by atoms with Gasteiger partial charge in [-0.25, -0.2) is 4.39 Å². The molecule has 108 valence electrons. The average molecular weight is 312 g/mol. The predicted octanol–water partition coefficient (Wildman–Crippen LogP) is 5.56. The van der Waals surface area contributed by atoms with Crippen molar-refractivity contribution in [1.29, 1.82) is 0 Å². The van der Waals surface area contributed by atoms with Crippen LogP contribution in [0.2, 0.25) is 4.34 Å². The molecule has 1 N–H and O–H groups in total. The minimum Gasteiger partial charge on any atom is -0.305 e. The maximum Gasteiger partial charge on any atom is 0.123 e. The van der Waals surface area contributed by atoms with Crippen molar-refractivity contribution in [3.8, 4) is 0 Å². The summed E-state index contributed by atoms with van der Waals surface area (Å²) >= 11 is 7.54. The number of hydrogen-bond donors (Lipinski definition) is 1. The molecule has 20 heavy (non-hydrogen) atoms. The molecule has 0 spiro atoms. The molecule has 0 radical (unpaired) electrons. The van der Waals surface area contributed by atoms with Gasteiger partial charge in [-0.1, -0.05) is 43.5 Å². The zero-order chi connectivity index (χ0) is 14.4. The molecule has 1 nitrogen and oxygen atoms in total. The monoisotopic (exact) mass is 311 g/mol. The van der Waals surface area contributed by atoms with Gasteiger partial charge >= 0.3 is 0 Å². The zero-order valence-electron chi connectivity index (χ0n) is 11.5. The number of benzene rings is 1. The Morgan fingerprint density at radius 1 is 1.20 bits per heavy atom. The lowest BCUT2D eigenvalue weighted by Crippen LogP contribution is -2.20. The van der Waals surface area contributed by atoms with Gasteiger partial charge in [0, 0.05) is 17.5 Å². The van der Waals surface area contributed by atoms with Crippen molar-refractivity contribution in [1.82, 2.24) is 5.32 Å². The molecule has 0 aliphatic carbocycles. The van der Waals surface area contributed by atoms with Gasteiger partial charge in [0.25, 0.3) is 0 Å². The van der Waals surface area contributed by atoms with Crippen LogP contribution in [0.1, 0.15) is 42.7 Å². The Kier molecular flexibility index (Phi) is 6.02. The van der Waals surface area contributed by atoms with Crippen LogP contribution in [0.25, 0.3) is 0 Å². The summed E-state index contributed by atoms with van der Waals surface area (Å²) < 4.78 is 13.8. The third kappa shape index (κ3) is 4.58. The number of halogens is 2. The molecule has 1 heterocycles. The van der Waals surface area contributed by atoms with E-state index in [4.69, 9.17) is 11.6 Å². The molecule has 2 rings (SSSR count). The van der Waals surface area contributed by atoms with Gasteiger partial charge in [-0.05, 0) is 36.2 Å². The van der Waals surface area contributed by atoms with Crippen LogP contribution in [0, 0.1) is 5.82 Å². The van der Waals surface area contributed by atoms with E-state index >= 15 is 0 Å². The van der Waals surface area contributed by atoms with E-state index in [-0.39, 0.29) is 11.9 Å². The van der Waals surface area contributed by atoms with Crippen LogP contribution in [0.3, 0.4) is 0 Å². The van der Waals surface area contributed by atoms with Crippen molar-refractivity contribution in [3.05, 3.63) is 57.0 Å². The fraction of sp³-hybridized carbons (Fsp3) is 0.375. The summed E-state index contributed by atoms with van der Waals surface area (Å²) in [5.41, 5.74) is 1.14. The van der Waals surface area contributed by atoms with E-state index in [0.717, 1.165) is 35.7 Å². The van der Waals surface area contributed by atoms with Gasteiger partial charge in [-0.3, -0.25) is 0 Å². The van der Waals surface area contributed by atoms with Crippen molar-refractivity contribution in [3.63, 3.8) is 0 Å². The Balaban J connectivity index is 2.01. The molecular weight excluding hydrogens is 293 g/mol. The van der Waals surface area contributed by atoms with E-state index in [1.807, 2.05) is 24.3 Å². The molecule has 2 aromatic rings. The number of thiophene rings is 1. The predicted molar refractivity (Wildman–Crippen MR) is 84.8 cm³/mol. The highest BCUT2D eigenvalue weighted by atomic mass is 35.5. The zero-order valence-corrected chi connectivity index (χ0v) is 13.1. The van der Waals surface area contributed by atoms with Gasteiger partial charge < -0.3 is 5.32 Å². The van der Waals surface area contributed by atoms with Crippen LogP contribution >= 0.6 is 22.9 Å². The van der Waals surface area contributed by atoms with E-state index in [1.165, 1.54) is 17.0 Å². The lowest BCUT2D eigenvalue weighted by atomic mass is 10.0. The molecule has 0 saturated carbocycles. The van der Waals surface area contributed by atoms with Crippen molar-refractivity contribution in [2.75, 3.05) is 0 Å². The molecule has 1 aromatic carbocycles. The minimum absolute atomic E-state index is 0.187. The maximum atomic E-state index is 13.0. The molecule has 0 aliphatic heterocycles. The first-order valence-corrected chi connectivity index (χ1v) is 8.11. The lowest BCUT2D eigenvalue weighted by Gasteiger charge is -2.18. The van der Waals surface area contributed by atoms with E-state index in [1.54, 1.807) is 11.3 Å². The fourth-order valence-electron chi connectivity index (χ4n) is 2.16. The van der Waals surface area contributed by atoms with Crippen LogP contribution in [-0.4, -0.2) is 0 Å². The smallest absolute Gasteiger partial charge is 0.123 e. The number of rotatable bonds is 7. The van der Waals surface area contributed by atoms with Crippen LogP contribution in [0.5, 0.6) is 0 Å². The SMILES string of the molecule is CCCCC(NCc1ccc(Cl)s1)c1ccc(F)cc1. The normalized spacial score (nSPS) is 12.6. The van der Waals surface area contributed by atoms with Crippen LogP contribution < -0.4 is 5.32 Å². The van der Waals surface area contributed by atoms with Gasteiger partial charge in [0.15, 0.2) is 0 Å². The van der Waals surface area contributed by atoms with E-state index in [9.17, 15) is 4.39 Å². The molecular formula is C16H19ClFNS. The summed E-state index contributed by atoms with van der Waals surface area (Å²) in [5.74, 6) is -0.187. The topological polar surface area (TPSA) is 12.0 Å². The Morgan fingerprint density at radius 3 is 2.55 bits per heavy atom. The summed E-state index contributed by atoms with van der Waals surface area (Å²) in [6.07, 6.45) is 3.37. The van der Waals surface area contributed by atoms with E-state index < -0.39 is 0 Å². The quantitative estimate of drug-likeness (QED) is 0.705. The molecule has 0 amide bonds. The molecule has 0 bridgehead atoms. The summed E-state index contributed by atoms with van der Waals surface area (Å²) in [6.45, 7) is 2.98. The van der Waals surface area contributed by atoms with E-state index in [2.05, 4.69) is 12.2 Å². The number of unbranched alkanes of at least 4 members (excludes halogenated alkanes) is 1. The first-order valence-electron chi connectivity index (χ1n) is 6.92. The van der Waals surface area contributed by atoms with Gasteiger partial charge in [0.2, 0.25) is 0 Å². The third-order valence-electron chi connectivity index (χ3n) is 3.27. The molecule has 0 fully saturated rings. The standard InChI is InChI=1S/C16H19ClFNS/c1-2-3-4-15(12-5-7-13(18)8-6-12)19-11-14-9-10-16(17)20-14/h5-10,15,19H,2-4,11H2,1H3. The summed E-state index contributed by atoms with van der Waals surface area (Å²) in [5, 5.41) is 3.55. The summed E-state index contributed by atoms with van der Waals surface area (Å²) in [7, 11) is 0. The Bertz CT molecular complexity index is 524. The maximum absolute atomic E-state index is 13.0. The molecule has 1 atom stereocenters. The highest BCUT2D eigenvalue weighted by Gasteiger charge is 2.11. The second-order valence-corrected chi connectivity index (χ2v) is 6.63.